The highest BCUT2D eigenvalue weighted by Crippen LogP contribution is 2.23. The Kier molecular flexibility index (Phi) is 3.51. The maximum atomic E-state index is 5.79. The average molecular weight is 258 g/mol. The number of hydrogen-bond donors (Lipinski definition) is 1. The van der Waals surface area contributed by atoms with Crippen molar-refractivity contribution in [1.82, 2.24) is 4.98 Å². The summed E-state index contributed by atoms with van der Waals surface area (Å²) < 4.78 is 11.1. The Balaban J connectivity index is 1.63. The molecule has 2 heterocycles. The van der Waals surface area contributed by atoms with Crippen LogP contribution in [-0.2, 0) is 4.74 Å². The third kappa shape index (κ3) is 2.96. The van der Waals surface area contributed by atoms with E-state index in [1.165, 1.54) is 6.39 Å². The first kappa shape index (κ1) is 12.2. The third-order valence-electron chi connectivity index (χ3n) is 3.43. The van der Waals surface area contributed by atoms with Gasteiger partial charge >= 0.3 is 0 Å². The molecule has 1 N–H and O–H groups in total. The number of ether oxygens (including phenoxy) is 1. The van der Waals surface area contributed by atoms with Crippen molar-refractivity contribution in [3.05, 3.63) is 36.9 Å². The molecule has 3 rings (SSSR count). The summed E-state index contributed by atoms with van der Waals surface area (Å²) in [5.74, 6) is 0.786. The normalized spacial score (nSPS) is 22.6. The van der Waals surface area contributed by atoms with Gasteiger partial charge < -0.3 is 14.5 Å². The summed E-state index contributed by atoms with van der Waals surface area (Å²) in [4.78, 5) is 3.94. The van der Waals surface area contributed by atoms with Crippen LogP contribution in [0, 0.1) is 0 Å². The average Bonchev–Trinajstić information content (AvgIpc) is 3.08. The van der Waals surface area contributed by atoms with E-state index in [0.717, 1.165) is 36.4 Å². The molecule has 2 atom stereocenters. The Hall–Kier alpha value is -1.81. The van der Waals surface area contributed by atoms with Crippen LogP contribution in [0.5, 0.6) is 0 Å². The molecule has 0 amide bonds. The molecule has 1 aromatic carbocycles. The van der Waals surface area contributed by atoms with Crippen molar-refractivity contribution in [2.75, 3.05) is 11.9 Å². The van der Waals surface area contributed by atoms with Crippen LogP contribution in [0.2, 0.25) is 0 Å². The van der Waals surface area contributed by atoms with Crippen molar-refractivity contribution in [3.63, 3.8) is 0 Å². The first-order valence-corrected chi connectivity index (χ1v) is 6.69. The van der Waals surface area contributed by atoms with E-state index in [4.69, 9.17) is 9.15 Å². The highest BCUT2D eigenvalue weighted by molar-refractivity contribution is 5.63. The first-order valence-electron chi connectivity index (χ1n) is 6.69. The molecule has 19 heavy (non-hydrogen) atoms. The third-order valence-corrected chi connectivity index (χ3v) is 3.43. The molecule has 1 aliphatic heterocycles. The summed E-state index contributed by atoms with van der Waals surface area (Å²) in [5.41, 5.74) is 2.11. The smallest absolute Gasteiger partial charge is 0.181 e. The molecule has 2 aromatic rings. The van der Waals surface area contributed by atoms with Crippen molar-refractivity contribution in [2.45, 2.75) is 32.0 Å². The van der Waals surface area contributed by atoms with Gasteiger partial charge in [-0.3, -0.25) is 0 Å². The molecule has 0 radical (unpaired) electrons. The lowest BCUT2D eigenvalue weighted by Crippen LogP contribution is -2.19. The second kappa shape index (κ2) is 5.45. The van der Waals surface area contributed by atoms with Gasteiger partial charge in [0.15, 0.2) is 12.2 Å². The predicted molar refractivity (Wildman–Crippen MR) is 74.0 cm³/mol. The van der Waals surface area contributed by atoms with Crippen LogP contribution < -0.4 is 5.32 Å². The molecule has 1 fully saturated rings. The summed E-state index contributed by atoms with van der Waals surface area (Å²) in [6.45, 7) is 2.98. The van der Waals surface area contributed by atoms with Crippen molar-refractivity contribution < 1.29 is 9.15 Å². The zero-order chi connectivity index (χ0) is 13.1. The molecular formula is C15H18N2O2. The summed E-state index contributed by atoms with van der Waals surface area (Å²) >= 11 is 0. The van der Waals surface area contributed by atoms with Gasteiger partial charge in [-0.1, -0.05) is 12.1 Å². The number of hydrogen-bond acceptors (Lipinski definition) is 4. The fourth-order valence-electron chi connectivity index (χ4n) is 2.41. The second-order valence-electron chi connectivity index (χ2n) is 4.97. The van der Waals surface area contributed by atoms with Gasteiger partial charge in [0.1, 0.15) is 0 Å². The van der Waals surface area contributed by atoms with E-state index in [2.05, 4.69) is 29.4 Å². The molecule has 2 unspecified atom stereocenters. The Labute approximate surface area is 112 Å². The van der Waals surface area contributed by atoms with Gasteiger partial charge in [0.05, 0.1) is 18.4 Å². The monoisotopic (exact) mass is 258 g/mol. The lowest BCUT2D eigenvalue weighted by atomic mass is 10.1. The summed E-state index contributed by atoms with van der Waals surface area (Å²) in [6.07, 6.45) is 6.18. The van der Waals surface area contributed by atoms with Crippen molar-refractivity contribution in [2.24, 2.45) is 0 Å². The number of nitrogens with zero attached hydrogens (tertiary/aromatic N) is 1. The fourth-order valence-corrected chi connectivity index (χ4v) is 2.41. The van der Waals surface area contributed by atoms with Crippen molar-refractivity contribution >= 4 is 5.69 Å². The van der Waals surface area contributed by atoms with Gasteiger partial charge in [-0.05, 0) is 31.9 Å². The van der Waals surface area contributed by atoms with Gasteiger partial charge in [-0.2, -0.15) is 0 Å². The SMILES string of the molecule is CC1CCC(CNc2cccc(-c3cnco3)c2)O1. The van der Waals surface area contributed by atoms with E-state index in [1.54, 1.807) is 6.20 Å². The Morgan fingerprint density at radius 3 is 3.05 bits per heavy atom. The molecule has 1 aliphatic rings. The highest BCUT2D eigenvalue weighted by Gasteiger charge is 2.21. The Bertz CT molecular complexity index is 525. The molecule has 0 bridgehead atoms. The molecule has 0 saturated carbocycles. The minimum absolute atomic E-state index is 0.323. The molecule has 1 saturated heterocycles. The standard InChI is InChI=1S/C15H18N2O2/c1-11-5-6-14(19-11)8-17-13-4-2-3-12(7-13)15-9-16-10-18-15/h2-4,7,9-11,14,17H,5-6,8H2,1H3. The van der Waals surface area contributed by atoms with Crippen molar-refractivity contribution in [3.8, 4) is 11.3 Å². The zero-order valence-electron chi connectivity index (χ0n) is 11.0. The quantitative estimate of drug-likeness (QED) is 0.913. The molecule has 0 aliphatic carbocycles. The van der Waals surface area contributed by atoms with Crippen LogP contribution in [0.1, 0.15) is 19.8 Å². The largest absolute Gasteiger partial charge is 0.444 e. The molecular weight excluding hydrogens is 240 g/mol. The summed E-state index contributed by atoms with van der Waals surface area (Å²) in [5, 5.41) is 3.42. The number of rotatable bonds is 4. The predicted octanol–water partition coefficient (Wildman–Crippen LogP) is 3.32. The van der Waals surface area contributed by atoms with Crippen LogP contribution in [0.25, 0.3) is 11.3 Å². The Morgan fingerprint density at radius 1 is 1.37 bits per heavy atom. The minimum Gasteiger partial charge on any atom is -0.444 e. The van der Waals surface area contributed by atoms with E-state index in [1.807, 2.05) is 12.1 Å². The maximum absolute atomic E-state index is 5.79. The number of aromatic nitrogens is 1. The van der Waals surface area contributed by atoms with Crippen LogP contribution in [-0.4, -0.2) is 23.7 Å². The number of oxazole rings is 1. The zero-order valence-corrected chi connectivity index (χ0v) is 11.0. The molecule has 4 heteroatoms. The highest BCUT2D eigenvalue weighted by atomic mass is 16.5. The lowest BCUT2D eigenvalue weighted by Gasteiger charge is -2.13. The van der Waals surface area contributed by atoms with E-state index in [-0.39, 0.29) is 0 Å². The number of nitrogens with one attached hydrogen (secondary N) is 1. The van der Waals surface area contributed by atoms with Gasteiger partial charge in [-0.15, -0.1) is 0 Å². The van der Waals surface area contributed by atoms with E-state index in [9.17, 15) is 0 Å². The molecule has 100 valence electrons. The van der Waals surface area contributed by atoms with Gasteiger partial charge in [-0.25, -0.2) is 4.98 Å². The van der Waals surface area contributed by atoms with Crippen LogP contribution in [0.4, 0.5) is 5.69 Å². The van der Waals surface area contributed by atoms with E-state index < -0.39 is 0 Å². The maximum Gasteiger partial charge on any atom is 0.181 e. The van der Waals surface area contributed by atoms with Gasteiger partial charge in [0, 0.05) is 17.8 Å². The summed E-state index contributed by atoms with van der Waals surface area (Å²) in [6, 6.07) is 8.15. The van der Waals surface area contributed by atoms with Gasteiger partial charge in [0.25, 0.3) is 0 Å². The molecule has 4 nitrogen and oxygen atoms in total. The minimum atomic E-state index is 0.323. The van der Waals surface area contributed by atoms with E-state index >= 15 is 0 Å². The molecule has 1 aromatic heterocycles. The molecule has 0 spiro atoms. The van der Waals surface area contributed by atoms with Crippen LogP contribution >= 0.6 is 0 Å². The lowest BCUT2D eigenvalue weighted by molar-refractivity contribution is 0.0637. The van der Waals surface area contributed by atoms with Crippen molar-refractivity contribution in [1.29, 1.82) is 0 Å². The second-order valence-corrected chi connectivity index (χ2v) is 4.97. The van der Waals surface area contributed by atoms with Crippen LogP contribution in [0.3, 0.4) is 0 Å². The fraction of sp³-hybridized carbons (Fsp3) is 0.400. The number of anilines is 1. The number of benzene rings is 1. The van der Waals surface area contributed by atoms with E-state index in [0.29, 0.717) is 12.2 Å². The Morgan fingerprint density at radius 2 is 2.32 bits per heavy atom. The van der Waals surface area contributed by atoms with Gasteiger partial charge in [0.2, 0.25) is 0 Å². The van der Waals surface area contributed by atoms with Crippen LogP contribution in [0.15, 0.2) is 41.3 Å². The topological polar surface area (TPSA) is 47.3 Å². The first-order chi connectivity index (χ1) is 9.31. The summed E-state index contributed by atoms with van der Waals surface area (Å²) in [7, 11) is 0.